The highest BCUT2D eigenvalue weighted by molar-refractivity contribution is 9.10. The molecule has 0 radical (unpaired) electrons. The Hall–Kier alpha value is -2.64. The normalized spacial score (nSPS) is 11.8. The molecular formula is C22H22BrN3O2S. The first-order valence-electron chi connectivity index (χ1n) is 8.89. The van der Waals surface area contributed by atoms with Gasteiger partial charge in [-0.3, -0.25) is 4.99 Å². The molecule has 0 aliphatic carbocycles. The first kappa shape index (κ1) is 21.1. The molecule has 0 aliphatic rings. The summed E-state index contributed by atoms with van der Waals surface area (Å²) in [4.78, 5) is 5.47. The fourth-order valence-electron chi connectivity index (χ4n) is 2.60. The van der Waals surface area contributed by atoms with Gasteiger partial charge in [0.1, 0.15) is 0 Å². The van der Waals surface area contributed by atoms with Crippen LogP contribution in [0, 0.1) is 0 Å². The Morgan fingerprint density at radius 1 is 1.14 bits per heavy atom. The average molecular weight is 472 g/mol. The van der Waals surface area contributed by atoms with Gasteiger partial charge in [-0.05, 0) is 42.8 Å². The third kappa shape index (κ3) is 5.25. The van der Waals surface area contributed by atoms with Gasteiger partial charge in [-0.1, -0.05) is 40.2 Å². The molecule has 0 unspecified atom stereocenters. The van der Waals surface area contributed by atoms with Crippen LogP contribution in [0.1, 0.15) is 12.5 Å². The summed E-state index contributed by atoms with van der Waals surface area (Å²) in [6, 6.07) is 13.8. The number of halogens is 1. The number of aromatic nitrogens is 1. The van der Waals surface area contributed by atoms with Crippen molar-refractivity contribution in [3.63, 3.8) is 0 Å². The van der Waals surface area contributed by atoms with Crippen LogP contribution < -0.4 is 14.3 Å². The van der Waals surface area contributed by atoms with Gasteiger partial charge in [0.05, 0.1) is 32.7 Å². The van der Waals surface area contributed by atoms with Gasteiger partial charge in [0.2, 0.25) is 4.80 Å². The maximum absolute atomic E-state index is 5.38. The molecule has 29 heavy (non-hydrogen) atoms. The maximum Gasteiger partial charge on any atom is 0.206 e. The molecule has 3 rings (SSSR count). The van der Waals surface area contributed by atoms with Crippen molar-refractivity contribution in [2.45, 2.75) is 6.92 Å². The molecule has 5 nitrogen and oxygen atoms in total. The number of nitrogens with zero attached hydrogens (tertiary/aromatic N) is 3. The molecular weight excluding hydrogens is 450 g/mol. The molecule has 2 aromatic carbocycles. The van der Waals surface area contributed by atoms with Gasteiger partial charge >= 0.3 is 0 Å². The first-order valence-corrected chi connectivity index (χ1v) is 10.6. The van der Waals surface area contributed by atoms with Gasteiger partial charge < -0.3 is 9.47 Å². The van der Waals surface area contributed by atoms with Crippen molar-refractivity contribution in [3.05, 3.63) is 74.8 Å². The standard InChI is InChI=1S/C22H22BrN3O2S/c1-15(2)12-24-22-26(19(14-29-22)17-6-8-18(23)9-7-17)25-13-16-5-10-20(27-3)21(11-16)28-4/h5-11,13-14H,1,12H2,2-4H3. The highest BCUT2D eigenvalue weighted by Crippen LogP contribution is 2.27. The molecule has 0 bridgehead atoms. The van der Waals surface area contributed by atoms with Crippen molar-refractivity contribution in [3.8, 4) is 22.8 Å². The molecule has 0 aliphatic heterocycles. The van der Waals surface area contributed by atoms with Crippen LogP contribution in [0.4, 0.5) is 0 Å². The summed E-state index contributed by atoms with van der Waals surface area (Å²) in [6.45, 7) is 6.46. The van der Waals surface area contributed by atoms with E-state index in [0.29, 0.717) is 18.0 Å². The predicted molar refractivity (Wildman–Crippen MR) is 123 cm³/mol. The Labute approximate surface area is 182 Å². The van der Waals surface area contributed by atoms with Crippen LogP contribution in [0.25, 0.3) is 11.3 Å². The second-order valence-corrected chi connectivity index (χ2v) is 8.11. The van der Waals surface area contributed by atoms with E-state index in [2.05, 4.69) is 45.0 Å². The summed E-state index contributed by atoms with van der Waals surface area (Å²) >= 11 is 5.04. The zero-order valence-corrected chi connectivity index (χ0v) is 19.0. The van der Waals surface area contributed by atoms with Crippen LogP contribution in [0.5, 0.6) is 11.5 Å². The maximum atomic E-state index is 5.38. The lowest BCUT2D eigenvalue weighted by molar-refractivity contribution is 0.355. The lowest BCUT2D eigenvalue weighted by atomic mass is 10.2. The van der Waals surface area contributed by atoms with Crippen molar-refractivity contribution in [1.82, 2.24) is 4.68 Å². The molecule has 0 atom stereocenters. The SMILES string of the molecule is C=C(C)CN=c1scc(-c2ccc(Br)cc2)n1N=Cc1ccc(OC)c(OC)c1. The van der Waals surface area contributed by atoms with E-state index in [-0.39, 0.29) is 0 Å². The first-order chi connectivity index (χ1) is 14.0. The summed E-state index contributed by atoms with van der Waals surface area (Å²) in [5.41, 5.74) is 3.93. The molecule has 0 fully saturated rings. The number of hydrogen-bond acceptors (Lipinski definition) is 5. The van der Waals surface area contributed by atoms with E-state index in [1.807, 2.05) is 41.9 Å². The van der Waals surface area contributed by atoms with E-state index in [0.717, 1.165) is 31.7 Å². The molecule has 0 saturated heterocycles. The van der Waals surface area contributed by atoms with E-state index >= 15 is 0 Å². The lowest BCUT2D eigenvalue weighted by Crippen LogP contribution is -2.13. The highest BCUT2D eigenvalue weighted by Gasteiger charge is 2.08. The van der Waals surface area contributed by atoms with Gasteiger partial charge in [0.15, 0.2) is 11.5 Å². The summed E-state index contributed by atoms with van der Waals surface area (Å²) in [5, 5.41) is 6.78. The molecule has 0 amide bonds. The zero-order valence-electron chi connectivity index (χ0n) is 16.6. The number of rotatable bonds is 7. The third-order valence-corrected chi connectivity index (χ3v) is 5.42. The fourth-order valence-corrected chi connectivity index (χ4v) is 3.70. The second-order valence-electron chi connectivity index (χ2n) is 6.35. The fraction of sp³-hybridized carbons (Fsp3) is 0.182. The molecule has 0 saturated carbocycles. The largest absolute Gasteiger partial charge is 0.493 e. The lowest BCUT2D eigenvalue weighted by Gasteiger charge is -2.08. The van der Waals surface area contributed by atoms with E-state index < -0.39 is 0 Å². The number of thiazole rings is 1. The molecule has 0 spiro atoms. The zero-order chi connectivity index (χ0) is 20.8. The van der Waals surface area contributed by atoms with Crippen LogP contribution in [-0.4, -0.2) is 31.7 Å². The van der Waals surface area contributed by atoms with Gasteiger partial charge in [-0.2, -0.15) is 5.10 Å². The summed E-state index contributed by atoms with van der Waals surface area (Å²) in [5.74, 6) is 1.34. The second kappa shape index (κ2) is 9.71. The molecule has 3 aromatic rings. The molecule has 1 heterocycles. The summed E-state index contributed by atoms with van der Waals surface area (Å²) in [6.07, 6.45) is 1.79. The number of methoxy groups -OCH3 is 2. The van der Waals surface area contributed by atoms with Crippen LogP contribution in [-0.2, 0) is 0 Å². The monoisotopic (exact) mass is 471 g/mol. The van der Waals surface area contributed by atoms with E-state index in [1.54, 1.807) is 31.8 Å². The van der Waals surface area contributed by atoms with Crippen molar-refractivity contribution in [2.24, 2.45) is 10.1 Å². The number of ether oxygens (including phenoxy) is 2. The Balaban J connectivity index is 2.05. The summed E-state index contributed by atoms with van der Waals surface area (Å²) < 4.78 is 13.6. The van der Waals surface area contributed by atoms with Gasteiger partial charge in [0.25, 0.3) is 0 Å². The molecule has 0 N–H and O–H groups in total. The van der Waals surface area contributed by atoms with Gasteiger partial charge in [-0.25, -0.2) is 4.68 Å². The molecule has 1 aromatic heterocycles. The van der Waals surface area contributed by atoms with Crippen molar-refractivity contribution >= 4 is 33.5 Å². The van der Waals surface area contributed by atoms with E-state index in [1.165, 1.54) is 0 Å². The van der Waals surface area contributed by atoms with Crippen molar-refractivity contribution in [1.29, 1.82) is 0 Å². The minimum atomic E-state index is 0.562. The average Bonchev–Trinajstić information content (AvgIpc) is 3.13. The third-order valence-electron chi connectivity index (χ3n) is 4.04. The van der Waals surface area contributed by atoms with Gasteiger partial charge in [0, 0.05) is 15.4 Å². The quantitative estimate of drug-likeness (QED) is 0.344. The van der Waals surface area contributed by atoms with E-state index in [4.69, 9.17) is 14.6 Å². The Bertz CT molecular complexity index is 1100. The minimum absolute atomic E-state index is 0.562. The smallest absolute Gasteiger partial charge is 0.206 e. The topological polar surface area (TPSA) is 48.1 Å². The molecule has 7 heteroatoms. The van der Waals surface area contributed by atoms with Crippen LogP contribution in [0.2, 0.25) is 0 Å². The van der Waals surface area contributed by atoms with Gasteiger partial charge in [-0.15, -0.1) is 11.3 Å². The highest BCUT2D eigenvalue weighted by atomic mass is 79.9. The van der Waals surface area contributed by atoms with Crippen LogP contribution >= 0.6 is 27.3 Å². The Kier molecular flexibility index (Phi) is 7.06. The van der Waals surface area contributed by atoms with E-state index in [9.17, 15) is 0 Å². The summed E-state index contributed by atoms with van der Waals surface area (Å²) in [7, 11) is 3.24. The van der Waals surface area contributed by atoms with Crippen molar-refractivity contribution in [2.75, 3.05) is 20.8 Å². The van der Waals surface area contributed by atoms with Crippen molar-refractivity contribution < 1.29 is 9.47 Å². The van der Waals surface area contributed by atoms with Crippen LogP contribution in [0.15, 0.2) is 74.6 Å². The van der Waals surface area contributed by atoms with Crippen LogP contribution in [0.3, 0.4) is 0 Å². The Morgan fingerprint density at radius 3 is 2.52 bits per heavy atom. The Morgan fingerprint density at radius 2 is 1.86 bits per heavy atom. The number of benzene rings is 2. The minimum Gasteiger partial charge on any atom is -0.493 e. The number of hydrogen-bond donors (Lipinski definition) is 0. The predicted octanol–water partition coefficient (Wildman–Crippen LogP) is 5.36. The molecule has 150 valence electrons.